The Bertz CT molecular complexity index is 1070. The summed E-state index contributed by atoms with van der Waals surface area (Å²) in [5, 5.41) is 5.86. The van der Waals surface area contributed by atoms with Crippen LogP contribution in [0.3, 0.4) is 0 Å². The molecule has 1 aliphatic heterocycles. The van der Waals surface area contributed by atoms with Crippen LogP contribution in [0.25, 0.3) is 0 Å². The van der Waals surface area contributed by atoms with Gasteiger partial charge < -0.3 is 20.0 Å². The first-order valence-corrected chi connectivity index (χ1v) is 11.7. The van der Waals surface area contributed by atoms with E-state index in [4.69, 9.17) is 4.42 Å². The fourth-order valence-corrected chi connectivity index (χ4v) is 4.19. The van der Waals surface area contributed by atoms with Crippen LogP contribution in [0.2, 0.25) is 0 Å². The Morgan fingerprint density at radius 3 is 2.28 bits per heavy atom. The number of carbonyl (C=O) groups excluding carboxylic acids is 2. The van der Waals surface area contributed by atoms with Gasteiger partial charge in [-0.1, -0.05) is 37.1 Å². The fourth-order valence-electron chi connectivity index (χ4n) is 3.88. The van der Waals surface area contributed by atoms with Crippen molar-refractivity contribution in [3.8, 4) is 0 Å². The van der Waals surface area contributed by atoms with E-state index in [2.05, 4.69) is 37.5 Å². The number of hydrogen-bond acceptors (Lipinski definition) is 4. The summed E-state index contributed by atoms with van der Waals surface area (Å²) in [7, 11) is 0. The molecule has 32 heavy (non-hydrogen) atoms. The zero-order valence-corrected chi connectivity index (χ0v) is 19.4. The Kier molecular flexibility index (Phi) is 7.27. The van der Waals surface area contributed by atoms with Crippen molar-refractivity contribution in [2.75, 3.05) is 28.6 Å². The SMILES string of the molecule is O=C(Cc1ccc(NC(=O)c2ccc(Br)o2)cc1)Nc1ccccc1N1CCCCCC1. The predicted octanol–water partition coefficient (Wildman–Crippen LogP) is 5.86. The molecule has 0 bridgehead atoms. The van der Waals surface area contributed by atoms with Crippen molar-refractivity contribution in [1.82, 2.24) is 0 Å². The first-order chi connectivity index (χ1) is 15.6. The summed E-state index contributed by atoms with van der Waals surface area (Å²) in [5.74, 6) is -0.167. The van der Waals surface area contributed by atoms with Gasteiger partial charge in [0, 0.05) is 18.8 Å². The van der Waals surface area contributed by atoms with Crippen LogP contribution in [-0.4, -0.2) is 24.9 Å². The molecule has 4 rings (SSSR count). The third kappa shape index (κ3) is 5.79. The Morgan fingerprint density at radius 1 is 0.875 bits per heavy atom. The first kappa shape index (κ1) is 22.1. The standard InChI is InChI=1S/C25H26BrN3O3/c26-23-14-13-22(32-23)25(31)27-19-11-9-18(10-12-19)17-24(30)28-20-7-3-4-8-21(20)29-15-5-1-2-6-16-29/h3-4,7-14H,1-2,5-6,15-17H2,(H,27,31)(H,28,30). The van der Waals surface area contributed by atoms with Crippen molar-refractivity contribution in [1.29, 1.82) is 0 Å². The maximum absolute atomic E-state index is 12.7. The molecular weight excluding hydrogens is 470 g/mol. The van der Waals surface area contributed by atoms with Crippen molar-refractivity contribution in [3.05, 3.63) is 76.7 Å². The van der Waals surface area contributed by atoms with Crippen LogP contribution < -0.4 is 15.5 Å². The minimum absolute atomic E-state index is 0.0653. The number of anilines is 3. The Labute approximate surface area is 196 Å². The Morgan fingerprint density at radius 2 is 1.59 bits per heavy atom. The lowest BCUT2D eigenvalue weighted by atomic mass is 10.1. The number of carbonyl (C=O) groups is 2. The highest BCUT2D eigenvalue weighted by molar-refractivity contribution is 9.10. The minimum Gasteiger partial charge on any atom is -0.444 e. The van der Waals surface area contributed by atoms with Crippen LogP contribution in [0.5, 0.6) is 0 Å². The van der Waals surface area contributed by atoms with Gasteiger partial charge in [-0.25, -0.2) is 0 Å². The van der Waals surface area contributed by atoms with Gasteiger partial charge in [0.25, 0.3) is 5.91 Å². The van der Waals surface area contributed by atoms with Gasteiger partial charge in [0.1, 0.15) is 0 Å². The van der Waals surface area contributed by atoms with Crippen molar-refractivity contribution in [2.45, 2.75) is 32.1 Å². The zero-order chi connectivity index (χ0) is 22.3. The molecule has 2 heterocycles. The second-order valence-electron chi connectivity index (χ2n) is 7.90. The number of furan rings is 1. The number of rotatable bonds is 6. The van der Waals surface area contributed by atoms with Crippen molar-refractivity contribution >= 4 is 44.8 Å². The van der Waals surface area contributed by atoms with Gasteiger partial charge in [0.15, 0.2) is 10.4 Å². The first-order valence-electron chi connectivity index (χ1n) is 10.9. The highest BCUT2D eigenvalue weighted by Crippen LogP contribution is 2.28. The van der Waals surface area contributed by atoms with Crippen LogP contribution in [0.15, 0.2) is 69.8 Å². The average molecular weight is 496 g/mol. The van der Waals surface area contributed by atoms with Crippen molar-refractivity contribution < 1.29 is 14.0 Å². The molecule has 0 saturated carbocycles. The molecule has 166 valence electrons. The van der Waals surface area contributed by atoms with Crippen LogP contribution >= 0.6 is 15.9 Å². The molecule has 6 nitrogen and oxygen atoms in total. The van der Waals surface area contributed by atoms with Crippen LogP contribution in [0.4, 0.5) is 17.1 Å². The maximum atomic E-state index is 12.7. The van der Waals surface area contributed by atoms with E-state index in [-0.39, 0.29) is 24.0 Å². The lowest BCUT2D eigenvalue weighted by molar-refractivity contribution is -0.115. The number of nitrogens with zero attached hydrogens (tertiary/aromatic N) is 1. The summed E-state index contributed by atoms with van der Waals surface area (Å²) < 4.78 is 5.76. The molecular formula is C25H26BrN3O3. The molecule has 0 aliphatic carbocycles. The van der Waals surface area contributed by atoms with Gasteiger partial charge >= 0.3 is 0 Å². The Balaban J connectivity index is 1.36. The van der Waals surface area contributed by atoms with E-state index in [0.29, 0.717) is 10.4 Å². The third-order valence-electron chi connectivity index (χ3n) is 5.50. The summed E-state index contributed by atoms with van der Waals surface area (Å²) in [6.07, 6.45) is 5.15. The number of benzene rings is 2. The molecule has 0 radical (unpaired) electrons. The van der Waals surface area contributed by atoms with E-state index in [0.717, 1.165) is 30.0 Å². The molecule has 1 aromatic heterocycles. The number of nitrogens with one attached hydrogen (secondary N) is 2. The molecule has 1 saturated heterocycles. The molecule has 2 N–H and O–H groups in total. The highest BCUT2D eigenvalue weighted by atomic mass is 79.9. The number of para-hydroxylation sites is 2. The topological polar surface area (TPSA) is 74.6 Å². The maximum Gasteiger partial charge on any atom is 0.291 e. The smallest absolute Gasteiger partial charge is 0.291 e. The summed E-state index contributed by atoms with van der Waals surface area (Å²) >= 11 is 3.19. The van der Waals surface area contributed by atoms with E-state index >= 15 is 0 Å². The van der Waals surface area contributed by atoms with E-state index < -0.39 is 0 Å². The average Bonchev–Trinajstić information content (AvgIpc) is 3.05. The molecule has 7 heteroatoms. The number of halogens is 1. The van der Waals surface area contributed by atoms with E-state index in [1.54, 1.807) is 24.3 Å². The second-order valence-corrected chi connectivity index (χ2v) is 8.68. The summed E-state index contributed by atoms with van der Waals surface area (Å²) in [6.45, 7) is 2.05. The van der Waals surface area contributed by atoms with Gasteiger partial charge in [0.05, 0.1) is 17.8 Å². The number of hydrogen-bond donors (Lipinski definition) is 2. The highest BCUT2D eigenvalue weighted by Gasteiger charge is 2.15. The normalized spacial score (nSPS) is 14.0. The second kappa shape index (κ2) is 10.5. The summed E-state index contributed by atoms with van der Waals surface area (Å²) in [4.78, 5) is 27.3. The minimum atomic E-state index is -0.327. The van der Waals surface area contributed by atoms with Crippen LogP contribution in [0.1, 0.15) is 41.8 Å². The van der Waals surface area contributed by atoms with E-state index in [9.17, 15) is 9.59 Å². The van der Waals surface area contributed by atoms with Gasteiger partial charge in [-0.3, -0.25) is 9.59 Å². The van der Waals surface area contributed by atoms with Gasteiger partial charge in [0.2, 0.25) is 5.91 Å². The molecule has 2 amide bonds. The molecule has 3 aromatic rings. The Hall–Kier alpha value is -3.06. The summed E-state index contributed by atoms with van der Waals surface area (Å²) in [6, 6.07) is 18.5. The van der Waals surface area contributed by atoms with E-state index in [1.165, 1.54) is 25.7 Å². The molecule has 0 unspecified atom stereocenters. The van der Waals surface area contributed by atoms with Crippen molar-refractivity contribution in [3.63, 3.8) is 0 Å². The predicted molar refractivity (Wildman–Crippen MR) is 130 cm³/mol. The molecule has 0 atom stereocenters. The zero-order valence-electron chi connectivity index (χ0n) is 17.8. The molecule has 0 spiro atoms. The molecule has 2 aromatic carbocycles. The largest absolute Gasteiger partial charge is 0.444 e. The number of amides is 2. The van der Waals surface area contributed by atoms with Crippen LogP contribution in [-0.2, 0) is 11.2 Å². The quantitative estimate of drug-likeness (QED) is 0.449. The lowest BCUT2D eigenvalue weighted by Gasteiger charge is -2.25. The summed E-state index contributed by atoms with van der Waals surface area (Å²) in [5.41, 5.74) is 3.45. The van der Waals surface area contributed by atoms with Gasteiger partial charge in [-0.2, -0.15) is 0 Å². The van der Waals surface area contributed by atoms with E-state index in [1.807, 2.05) is 30.3 Å². The molecule has 1 aliphatic rings. The lowest BCUT2D eigenvalue weighted by Crippen LogP contribution is -2.26. The monoisotopic (exact) mass is 495 g/mol. The van der Waals surface area contributed by atoms with Gasteiger partial charge in [-0.15, -0.1) is 0 Å². The van der Waals surface area contributed by atoms with Gasteiger partial charge in [-0.05, 0) is 70.7 Å². The third-order valence-corrected chi connectivity index (χ3v) is 5.92. The molecule has 1 fully saturated rings. The fraction of sp³-hybridized carbons (Fsp3) is 0.280. The van der Waals surface area contributed by atoms with Crippen LogP contribution in [0, 0.1) is 0 Å². The van der Waals surface area contributed by atoms with Crippen molar-refractivity contribution in [2.24, 2.45) is 0 Å².